The van der Waals surface area contributed by atoms with Crippen molar-refractivity contribution in [2.75, 3.05) is 0 Å². The zero-order chi connectivity index (χ0) is 28.6. The Morgan fingerprint density at radius 3 is 2.55 bits per heavy atom. The monoisotopic (exact) mass is 564 g/mol. The van der Waals surface area contributed by atoms with Gasteiger partial charge in [0.2, 0.25) is 0 Å². The molecule has 2 heterocycles. The Bertz CT molecular complexity index is 1550. The van der Waals surface area contributed by atoms with E-state index in [0.29, 0.717) is 35.9 Å². The largest absolute Gasteiger partial charge is 0.573 e. The number of alkyl halides is 3. The number of aromatic nitrogens is 4. The van der Waals surface area contributed by atoms with E-state index in [4.69, 9.17) is 4.74 Å². The average molecular weight is 565 g/mol. The topological polar surface area (TPSA) is 91.4 Å². The number of rotatable bonds is 8. The number of carboxylic acids is 1. The molecule has 40 heavy (non-hydrogen) atoms. The fourth-order valence-electron chi connectivity index (χ4n) is 5.16. The highest BCUT2D eigenvalue weighted by atomic mass is 19.4. The van der Waals surface area contributed by atoms with Crippen LogP contribution in [0.15, 0.2) is 42.6 Å². The molecule has 0 radical (unpaired) electrons. The van der Waals surface area contributed by atoms with Crippen LogP contribution in [0.2, 0.25) is 0 Å². The van der Waals surface area contributed by atoms with Gasteiger partial charge in [-0.2, -0.15) is 5.10 Å². The first-order chi connectivity index (χ1) is 19.0. The normalized spacial score (nSPS) is 17.8. The van der Waals surface area contributed by atoms with Crippen molar-refractivity contribution in [3.63, 3.8) is 0 Å². The highest BCUT2D eigenvalue weighted by Crippen LogP contribution is 2.40. The summed E-state index contributed by atoms with van der Waals surface area (Å²) in [5, 5.41) is 14.1. The van der Waals surface area contributed by atoms with Gasteiger partial charge in [0.1, 0.15) is 24.0 Å². The summed E-state index contributed by atoms with van der Waals surface area (Å²) in [5.74, 6) is -4.42. The van der Waals surface area contributed by atoms with Crippen LogP contribution in [0.1, 0.15) is 48.7 Å². The molecule has 0 bridgehead atoms. The number of fused-ring (bicyclic) bond motifs is 1. The molecule has 8 nitrogen and oxygen atoms in total. The minimum atomic E-state index is -4.98. The standard InChI is InChI=1S/C27H25F5N4O4/c1-35-9-8-16(34-35)14-39-24-12-23-22(11-21(24)29)33-25(18-4-2-3-5-19(18)26(37)38)36(23)13-15-6-7-17(10-20(15)28)40-27(30,31)32/h6-12,18-19H,2-5,13-14H2,1H3,(H,37,38)/t18-,19+/m0/s1. The van der Waals surface area contributed by atoms with E-state index in [1.807, 2.05) is 0 Å². The van der Waals surface area contributed by atoms with E-state index in [1.54, 1.807) is 28.6 Å². The van der Waals surface area contributed by atoms with E-state index in [-0.39, 0.29) is 30.0 Å². The Hall–Kier alpha value is -4.16. The number of halogens is 5. The van der Waals surface area contributed by atoms with Crippen LogP contribution in [0.4, 0.5) is 22.0 Å². The van der Waals surface area contributed by atoms with Crippen molar-refractivity contribution in [1.29, 1.82) is 0 Å². The van der Waals surface area contributed by atoms with Gasteiger partial charge in [0.05, 0.1) is 29.2 Å². The average Bonchev–Trinajstić information content (AvgIpc) is 3.45. The molecule has 4 aromatic rings. The molecule has 0 amide bonds. The number of hydrogen-bond acceptors (Lipinski definition) is 5. The van der Waals surface area contributed by atoms with Crippen LogP contribution in [-0.4, -0.2) is 36.8 Å². The molecule has 0 unspecified atom stereocenters. The van der Waals surface area contributed by atoms with E-state index in [1.165, 1.54) is 6.07 Å². The molecule has 2 aromatic carbocycles. The van der Waals surface area contributed by atoms with E-state index in [2.05, 4.69) is 14.8 Å². The highest BCUT2D eigenvalue weighted by molar-refractivity contribution is 5.79. The number of ether oxygens (including phenoxy) is 2. The maximum absolute atomic E-state index is 15.0. The van der Waals surface area contributed by atoms with Crippen molar-refractivity contribution < 1.29 is 41.3 Å². The maximum Gasteiger partial charge on any atom is 0.573 e. The number of carbonyl (C=O) groups is 1. The molecule has 13 heteroatoms. The van der Waals surface area contributed by atoms with Crippen molar-refractivity contribution >= 4 is 17.0 Å². The van der Waals surface area contributed by atoms with Gasteiger partial charge >= 0.3 is 12.3 Å². The Balaban J connectivity index is 1.57. The second-order valence-corrected chi connectivity index (χ2v) is 9.73. The Kier molecular flexibility index (Phi) is 7.39. The smallest absolute Gasteiger partial charge is 0.484 e. The predicted molar refractivity (Wildman–Crippen MR) is 132 cm³/mol. The molecule has 1 fully saturated rings. The Labute approximate surface area is 224 Å². The van der Waals surface area contributed by atoms with Crippen molar-refractivity contribution in [2.45, 2.75) is 51.1 Å². The summed E-state index contributed by atoms with van der Waals surface area (Å²) < 4.78 is 80.4. The third-order valence-corrected chi connectivity index (χ3v) is 6.98. The summed E-state index contributed by atoms with van der Waals surface area (Å²) in [4.78, 5) is 16.6. The second-order valence-electron chi connectivity index (χ2n) is 9.73. The second kappa shape index (κ2) is 10.8. The third-order valence-electron chi connectivity index (χ3n) is 6.98. The van der Waals surface area contributed by atoms with Gasteiger partial charge in [-0.3, -0.25) is 9.48 Å². The van der Waals surface area contributed by atoms with E-state index >= 15 is 4.39 Å². The number of imidazole rings is 1. The third kappa shape index (κ3) is 5.87. The molecular formula is C27H25F5N4O4. The van der Waals surface area contributed by atoms with Gasteiger partial charge in [-0.15, -0.1) is 13.2 Å². The molecule has 0 aliphatic heterocycles. The number of carboxylic acid groups (broad SMARTS) is 1. The molecule has 1 saturated carbocycles. The SMILES string of the molecule is Cn1ccc(COc2cc3c(cc2F)nc([C@H]2CCCC[C@H]2C(=O)O)n3Cc2ccc(OC(F)(F)F)cc2F)n1. The molecule has 212 valence electrons. The highest BCUT2D eigenvalue weighted by Gasteiger charge is 2.36. The molecule has 5 rings (SSSR count). The van der Waals surface area contributed by atoms with Crippen LogP contribution in [0.3, 0.4) is 0 Å². The van der Waals surface area contributed by atoms with Crippen molar-refractivity contribution in [3.8, 4) is 11.5 Å². The van der Waals surface area contributed by atoms with E-state index in [0.717, 1.165) is 31.0 Å². The number of nitrogens with zero attached hydrogens (tertiary/aromatic N) is 4. The number of aryl methyl sites for hydroxylation is 1. The number of benzene rings is 2. The lowest BCUT2D eigenvalue weighted by Gasteiger charge is -2.28. The van der Waals surface area contributed by atoms with Gasteiger partial charge in [-0.05, 0) is 25.0 Å². The fourth-order valence-corrected chi connectivity index (χ4v) is 5.16. The first-order valence-corrected chi connectivity index (χ1v) is 12.6. The van der Waals surface area contributed by atoms with Crippen molar-refractivity contribution in [2.24, 2.45) is 13.0 Å². The van der Waals surface area contributed by atoms with E-state index < -0.39 is 41.6 Å². The molecule has 1 aliphatic carbocycles. The number of hydrogen-bond donors (Lipinski definition) is 1. The van der Waals surface area contributed by atoms with Gasteiger partial charge in [0.15, 0.2) is 11.6 Å². The molecule has 0 saturated heterocycles. The lowest BCUT2D eigenvalue weighted by molar-refractivity contribution is -0.274. The summed E-state index contributed by atoms with van der Waals surface area (Å²) in [6.07, 6.45) is -0.863. The zero-order valence-electron chi connectivity index (χ0n) is 21.3. The fraction of sp³-hybridized carbons (Fsp3) is 0.370. The minimum absolute atomic E-state index is 0.0121. The molecule has 2 aromatic heterocycles. The Morgan fingerprint density at radius 2 is 1.88 bits per heavy atom. The summed E-state index contributed by atoms with van der Waals surface area (Å²) in [7, 11) is 1.73. The van der Waals surface area contributed by atoms with Crippen LogP contribution < -0.4 is 9.47 Å². The molecular weight excluding hydrogens is 539 g/mol. The van der Waals surface area contributed by atoms with Crippen LogP contribution >= 0.6 is 0 Å². The summed E-state index contributed by atoms with van der Waals surface area (Å²) in [6.45, 7) is -0.221. The first-order valence-electron chi connectivity index (χ1n) is 12.6. The van der Waals surface area contributed by atoms with Crippen LogP contribution in [0.25, 0.3) is 11.0 Å². The van der Waals surface area contributed by atoms with E-state index in [9.17, 15) is 27.5 Å². The molecule has 0 spiro atoms. The molecule has 2 atom stereocenters. The predicted octanol–water partition coefficient (Wildman–Crippen LogP) is 5.93. The molecule has 1 N–H and O–H groups in total. The van der Waals surface area contributed by atoms with Crippen LogP contribution in [0.5, 0.6) is 11.5 Å². The summed E-state index contributed by atoms with van der Waals surface area (Å²) in [5.41, 5.74) is 1.14. The lowest BCUT2D eigenvalue weighted by Crippen LogP contribution is -2.28. The van der Waals surface area contributed by atoms with Gasteiger partial charge in [0, 0.05) is 42.9 Å². The maximum atomic E-state index is 15.0. The summed E-state index contributed by atoms with van der Waals surface area (Å²) in [6, 6.07) is 7.06. The zero-order valence-corrected chi connectivity index (χ0v) is 21.3. The van der Waals surface area contributed by atoms with Gasteiger partial charge in [-0.25, -0.2) is 13.8 Å². The van der Waals surface area contributed by atoms with Crippen molar-refractivity contribution in [3.05, 3.63) is 71.3 Å². The van der Waals surface area contributed by atoms with Gasteiger partial charge in [-0.1, -0.05) is 18.9 Å². The van der Waals surface area contributed by atoms with Gasteiger partial charge in [0.25, 0.3) is 0 Å². The lowest BCUT2D eigenvalue weighted by atomic mass is 9.78. The minimum Gasteiger partial charge on any atom is -0.484 e. The summed E-state index contributed by atoms with van der Waals surface area (Å²) >= 11 is 0. The van der Waals surface area contributed by atoms with Gasteiger partial charge < -0.3 is 19.1 Å². The quantitative estimate of drug-likeness (QED) is 0.267. The Morgan fingerprint density at radius 1 is 1.10 bits per heavy atom. The van der Waals surface area contributed by atoms with Crippen LogP contribution in [0, 0.1) is 17.6 Å². The molecule has 1 aliphatic rings. The first kappa shape index (κ1) is 27.4. The van der Waals surface area contributed by atoms with Crippen LogP contribution in [-0.2, 0) is 25.0 Å². The number of aliphatic carboxylic acids is 1. The van der Waals surface area contributed by atoms with Crippen molar-refractivity contribution in [1.82, 2.24) is 19.3 Å².